The third-order valence-electron chi connectivity index (χ3n) is 2.84. The van der Waals surface area contributed by atoms with Crippen molar-refractivity contribution in [1.82, 2.24) is 0 Å². The molecule has 0 aromatic heterocycles. The van der Waals surface area contributed by atoms with Crippen molar-refractivity contribution in [2.45, 2.75) is 0 Å². The predicted molar refractivity (Wildman–Crippen MR) is 83.4 cm³/mol. The first kappa shape index (κ1) is 15.8. The molecule has 2 aromatic carbocycles. The second kappa shape index (κ2) is 6.44. The van der Waals surface area contributed by atoms with Crippen molar-refractivity contribution in [1.29, 1.82) is 0 Å². The molecule has 0 spiro atoms. The molecular formula is C14H11BrN2O5. The molecule has 0 aliphatic rings. The minimum atomic E-state index is -0.633. The van der Waals surface area contributed by atoms with Gasteiger partial charge in [0.05, 0.1) is 17.7 Å². The summed E-state index contributed by atoms with van der Waals surface area (Å²) in [5, 5.41) is 23.1. The van der Waals surface area contributed by atoms with E-state index in [-0.39, 0.29) is 28.4 Å². The number of halogens is 1. The van der Waals surface area contributed by atoms with Gasteiger partial charge in [-0.05, 0) is 30.3 Å². The Morgan fingerprint density at radius 3 is 2.68 bits per heavy atom. The third kappa shape index (κ3) is 3.34. The summed E-state index contributed by atoms with van der Waals surface area (Å²) in [6, 6.07) is 8.40. The van der Waals surface area contributed by atoms with Crippen LogP contribution in [0.1, 0.15) is 10.4 Å². The molecule has 0 saturated heterocycles. The number of methoxy groups -OCH3 is 1. The molecule has 0 saturated carbocycles. The molecule has 0 aliphatic carbocycles. The van der Waals surface area contributed by atoms with Crippen LogP contribution in [0.25, 0.3) is 0 Å². The lowest BCUT2D eigenvalue weighted by Gasteiger charge is -2.08. The van der Waals surface area contributed by atoms with Gasteiger partial charge in [0.25, 0.3) is 5.91 Å². The largest absolute Gasteiger partial charge is 0.506 e. The summed E-state index contributed by atoms with van der Waals surface area (Å²) in [6.45, 7) is 0. The molecule has 2 aromatic rings. The lowest BCUT2D eigenvalue weighted by atomic mass is 10.1. The second-order valence-electron chi connectivity index (χ2n) is 4.26. The van der Waals surface area contributed by atoms with Gasteiger partial charge >= 0.3 is 5.69 Å². The highest BCUT2D eigenvalue weighted by Gasteiger charge is 2.18. The Balaban J connectivity index is 2.32. The van der Waals surface area contributed by atoms with E-state index in [4.69, 9.17) is 4.74 Å². The van der Waals surface area contributed by atoms with Gasteiger partial charge in [-0.25, -0.2) is 0 Å². The minimum Gasteiger partial charge on any atom is -0.506 e. The highest BCUT2D eigenvalue weighted by atomic mass is 79.9. The fourth-order valence-electron chi connectivity index (χ4n) is 1.78. The van der Waals surface area contributed by atoms with E-state index in [1.807, 2.05) is 0 Å². The summed E-state index contributed by atoms with van der Waals surface area (Å²) >= 11 is 3.22. The van der Waals surface area contributed by atoms with Crippen LogP contribution in [0.15, 0.2) is 40.9 Å². The Morgan fingerprint density at radius 2 is 2.05 bits per heavy atom. The number of nitro benzene ring substituents is 1. The molecule has 2 N–H and O–H groups in total. The number of anilines is 1. The maximum atomic E-state index is 12.2. The molecule has 8 heteroatoms. The van der Waals surface area contributed by atoms with Crippen LogP contribution in [0.5, 0.6) is 11.5 Å². The zero-order chi connectivity index (χ0) is 16.3. The molecule has 2 rings (SSSR count). The first-order valence-electron chi connectivity index (χ1n) is 6.04. The number of nitrogens with one attached hydrogen (secondary N) is 1. The van der Waals surface area contributed by atoms with Crippen LogP contribution in [0, 0.1) is 10.1 Å². The Kier molecular flexibility index (Phi) is 4.62. The summed E-state index contributed by atoms with van der Waals surface area (Å²) in [5.41, 5.74) is -0.0432. The van der Waals surface area contributed by atoms with E-state index in [2.05, 4.69) is 21.2 Å². The number of nitro groups is 1. The highest BCUT2D eigenvalue weighted by Crippen LogP contribution is 2.30. The molecule has 0 unspecified atom stereocenters. The van der Waals surface area contributed by atoms with Gasteiger partial charge in [0.1, 0.15) is 5.75 Å². The molecule has 0 fully saturated rings. The lowest BCUT2D eigenvalue weighted by Crippen LogP contribution is -2.12. The molecule has 7 nitrogen and oxygen atoms in total. The van der Waals surface area contributed by atoms with Crippen LogP contribution in [-0.2, 0) is 0 Å². The van der Waals surface area contributed by atoms with Crippen LogP contribution >= 0.6 is 15.9 Å². The number of hydrogen-bond donors (Lipinski definition) is 2. The number of amides is 1. The van der Waals surface area contributed by atoms with E-state index >= 15 is 0 Å². The van der Waals surface area contributed by atoms with E-state index in [9.17, 15) is 20.0 Å². The van der Waals surface area contributed by atoms with Crippen molar-refractivity contribution in [2.75, 3.05) is 12.4 Å². The van der Waals surface area contributed by atoms with Gasteiger partial charge in [0.15, 0.2) is 5.75 Å². The Bertz CT molecular complexity index is 748. The van der Waals surface area contributed by atoms with Crippen molar-refractivity contribution >= 4 is 33.2 Å². The maximum absolute atomic E-state index is 12.2. The van der Waals surface area contributed by atoms with Crippen LogP contribution < -0.4 is 10.1 Å². The number of aromatic hydroxyl groups is 1. The highest BCUT2D eigenvalue weighted by molar-refractivity contribution is 9.10. The van der Waals surface area contributed by atoms with Crippen LogP contribution in [-0.4, -0.2) is 23.0 Å². The first-order valence-corrected chi connectivity index (χ1v) is 6.84. The summed E-state index contributed by atoms with van der Waals surface area (Å²) in [4.78, 5) is 22.5. The van der Waals surface area contributed by atoms with E-state index in [1.165, 1.54) is 31.4 Å². The molecule has 0 bridgehead atoms. The fourth-order valence-corrected chi connectivity index (χ4v) is 2.14. The van der Waals surface area contributed by atoms with Crippen molar-refractivity contribution in [2.24, 2.45) is 0 Å². The second-order valence-corrected chi connectivity index (χ2v) is 5.18. The van der Waals surface area contributed by atoms with E-state index < -0.39 is 10.8 Å². The summed E-state index contributed by atoms with van der Waals surface area (Å²) in [7, 11) is 1.31. The molecular weight excluding hydrogens is 356 g/mol. The van der Waals surface area contributed by atoms with Gasteiger partial charge in [0, 0.05) is 16.1 Å². The number of benzene rings is 2. The number of carbonyl (C=O) groups is 1. The van der Waals surface area contributed by atoms with E-state index in [0.717, 1.165) is 6.07 Å². The third-order valence-corrected chi connectivity index (χ3v) is 3.34. The van der Waals surface area contributed by atoms with Gasteiger partial charge < -0.3 is 15.2 Å². The molecule has 0 aliphatic heterocycles. The van der Waals surface area contributed by atoms with Crippen molar-refractivity contribution in [3.8, 4) is 11.5 Å². The number of phenols is 1. The molecule has 0 atom stereocenters. The molecule has 0 radical (unpaired) electrons. The van der Waals surface area contributed by atoms with Crippen molar-refractivity contribution < 1.29 is 19.6 Å². The predicted octanol–water partition coefficient (Wildman–Crippen LogP) is 3.32. The first-order chi connectivity index (χ1) is 10.4. The van der Waals surface area contributed by atoms with Crippen LogP contribution in [0.3, 0.4) is 0 Å². The zero-order valence-corrected chi connectivity index (χ0v) is 13.0. The number of ether oxygens (including phenoxy) is 1. The average molecular weight is 367 g/mol. The average Bonchev–Trinajstić information content (AvgIpc) is 2.50. The SMILES string of the molecule is COc1ccc(C(=O)Nc2cc(Br)ccc2O)cc1[N+](=O)[O-]. The van der Waals surface area contributed by atoms with Gasteiger partial charge in [-0.3, -0.25) is 14.9 Å². The molecule has 114 valence electrons. The summed E-state index contributed by atoms with van der Waals surface area (Å²) < 4.78 is 5.54. The monoisotopic (exact) mass is 366 g/mol. The number of nitrogens with zero attached hydrogens (tertiary/aromatic N) is 1. The topological polar surface area (TPSA) is 102 Å². The standard InChI is InChI=1S/C14H11BrN2O5/c1-22-13-5-2-8(6-11(13)17(20)21)14(19)16-10-7-9(15)3-4-12(10)18/h2-7,18H,1H3,(H,16,19). The normalized spacial score (nSPS) is 10.1. The zero-order valence-electron chi connectivity index (χ0n) is 11.4. The van der Waals surface area contributed by atoms with Crippen molar-refractivity contribution in [3.05, 3.63) is 56.5 Å². The Labute approximate surface area is 133 Å². The number of carbonyl (C=O) groups excluding carboxylic acids is 1. The summed E-state index contributed by atoms with van der Waals surface area (Å²) in [6.07, 6.45) is 0. The lowest BCUT2D eigenvalue weighted by molar-refractivity contribution is -0.385. The van der Waals surface area contributed by atoms with Crippen LogP contribution in [0.2, 0.25) is 0 Å². The Morgan fingerprint density at radius 1 is 1.32 bits per heavy atom. The van der Waals surface area contributed by atoms with Gasteiger partial charge in [0.2, 0.25) is 0 Å². The quantitative estimate of drug-likeness (QED) is 0.490. The van der Waals surface area contributed by atoms with Gasteiger partial charge in [-0.1, -0.05) is 15.9 Å². The van der Waals surface area contributed by atoms with Crippen LogP contribution in [0.4, 0.5) is 11.4 Å². The van der Waals surface area contributed by atoms with Gasteiger partial charge in [-0.15, -0.1) is 0 Å². The smallest absolute Gasteiger partial charge is 0.311 e. The maximum Gasteiger partial charge on any atom is 0.311 e. The fraction of sp³-hybridized carbons (Fsp3) is 0.0714. The molecule has 1 amide bonds. The number of hydrogen-bond acceptors (Lipinski definition) is 5. The summed E-state index contributed by atoms with van der Waals surface area (Å²) in [5.74, 6) is -0.634. The van der Waals surface area contributed by atoms with Gasteiger partial charge in [-0.2, -0.15) is 0 Å². The van der Waals surface area contributed by atoms with E-state index in [0.29, 0.717) is 4.47 Å². The molecule has 0 heterocycles. The Hall–Kier alpha value is -2.61. The number of phenolic OH excluding ortho intramolecular Hbond substituents is 1. The molecule has 22 heavy (non-hydrogen) atoms. The number of rotatable bonds is 4. The van der Waals surface area contributed by atoms with E-state index in [1.54, 1.807) is 6.07 Å². The van der Waals surface area contributed by atoms with Crippen molar-refractivity contribution in [3.63, 3.8) is 0 Å². The minimum absolute atomic E-state index is 0.0619.